The van der Waals surface area contributed by atoms with E-state index in [1.165, 1.54) is 11.4 Å². The number of rotatable bonds is 6. The predicted molar refractivity (Wildman–Crippen MR) is 138 cm³/mol. The van der Waals surface area contributed by atoms with Crippen molar-refractivity contribution in [3.05, 3.63) is 95.4 Å². The second kappa shape index (κ2) is 9.59. The van der Waals surface area contributed by atoms with Crippen molar-refractivity contribution < 1.29 is 4.79 Å². The SMILES string of the molecule is CCc1nc2ccc(C)cn2c1C(=O)NCc1ccc(N2CCN(c3ccccc3)CC2)cc1. The van der Waals surface area contributed by atoms with Crippen LogP contribution in [0.4, 0.5) is 11.4 Å². The van der Waals surface area contributed by atoms with Gasteiger partial charge in [0, 0.05) is 50.3 Å². The second-order valence-corrected chi connectivity index (χ2v) is 8.85. The van der Waals surface area contributed by atoms with Gasteiger partial charge in [-0.25, -0.2) is 4.98 Å². The molecule has 0 spiro atoms. The molecule has 5 rings (SSSR count). The van der Waals surface area contributed by atoms with E-state index in [-0.39, 0.29) is 5.91 Å². The largest absolute Gasteiger partial charge is 0.368 e. The molecule has 34 heavy (non-hydrogen) atoms. The Bertz CT molecular complexity index is 1270. The Balaban J connectivity index is 1.21. The Morgan fingerprint density at radius 1 is 0.882 bits per heavy atom. The normalized spacial score (nSPS) is 13.9. The number of piperazine rings is 1. The Hall–Kier alpha value is -3.80. The van der Waals surface area contributed by atoms with E-state index in [0.717, 1.165) is 55.1 Å². The maximum Gasteiger partial charge on any atom is 0.270 e. The molecular weight excluding hydrogens is 422 g/mol. The number of pyridine rings is 1. The van der Waals surface area contributed by atoms with Crippen molar-refractivity contribution in [1.82, 2.24) is 14.7 Å². The standard InChI is InChI=1S/C28H31N5O/c1-3-25-27(33-20-21(2)9-14-26(33)30-25)28(34)29-19-22-10-12-24(13-11-22)32-17-15-31(16-18-32)23-7-5-4-6-8-23/h4-14,20H,3,15-19H2,1-2H3,(H,29,34). The lowest BCUT2D eigenvalue weighted by molar-refractivity contribution is 0.0944. The number of para-hydroxylation sites is 1. The first kappa shape index (κ1) is 22.0. The summed E-state index contributed by atoms with van der Waals surface area (Å²) in [7, 11) is 0. The van der Waals surface area contributed by atoms with E-state index in [1.54, 1.807) is 0 Å². The molecule has 174 valence electrons. The minimum Gasteiger partial charge on any atom is -0.368 e. The van der Waals surface area contributed by atoms with E-state index in [0.29, 0.717) is 12.2 Å². The number of aromatic nitrogens is 2. The summed E-state index contributed by atoms with van der Waals surface area (Å²) in [5, 5.41) is 3.09. The summed E-state index contributed by atoms with van der Waals surface area (Å²) in [6, 6.07) is 23.1. The van der Waals surface area contributed by atoms with E-state index < -0.39 is 0 Å². The van der Waals surface area contributed by atoms with Crippen LogP contribution in [-0.4, -0.2) is 41.5 Å². The van der Waals surface area contributed by atoms with Gasteiger partial charge in [0.15, 0.2) is 0 Å². The molecule has 0 radical (unpaired) electrons. The van der Waals surface area contributed by atoms with E-state index in [4.69, 9.17) is 0 Å². The fraction of sp³-hybridized carbons (Fsp3) is 0.286. The summed E-state index contributed by atoms with van der Waals surface area (Å²) < 4.78 is 1.90. The third-order valence-corrected chi connectivity index (χ3v) is 6.54. The van der Waals surface area contributed by atoms with Crippen molar-refractivity contribution in [2.24, 2.45) is 0 Å². The van der Waals surface area contributed by atoms with Gasteiger partial charge in [-0.1, -0.05) is 43.3 Å². The molecule has 0 atom stereocenters. The molecule has 1 fully saturated rings. The Morgan fingerprint density at radius 2 is 1.53 bits per heavy atom. The van der Waals surface area contributed by atoms with Crippen LogP contribution < -0.4 is 15.1 Å². The molecule has 2 aromatic carbocycles. The Morgan fingerprint density at radius 3 is 2.18 bits per heavy atom. The number of amides is 1. The van der Waals surface area contributed by atoms with Gasteiger partial charge >= 0.3 is 0 Å². The van der Waals surface area contributed by atoms with Crippen LogP contribution in [0.2, 0.25) is 0 Å². The van der Waals surface area contributed by atoms with Crippen LogP contribution in [0.15, 0.2) is 72.9 Å². The quantitative estimate of drug-likeness (QED) is 0.468. The molecule has 1 N–H and O–H groups in total. The van der Waals surface area contributed by atoms with Gasteiger partial charge in [0.2, 0.25) is 0 Å². The minimum absolute atomic E-state index is 0.0870. The second-order valence-electron chi connectivity index (χ2n) is 8.85. The van der Waals surface area contributed by atoms with Crippen molar-refractivity contribution >= 4 is 22.9 Å². The molecule has 1 aliphatic heterocycles. The number of carbonyl (C=O) groups is 1. The number of nitrogens with one attached hydrogen (secondary N) is 1. The van der Waals surface area contributed by atoms with E-state index in [2.05, 4.69) is 74.7 Å². The molecule has 0 aliphatic carbocycles. The number of aryl methyl sites for hydroxylation is 2. The number of benzene rings is 2. The van der Waals surface area contributed by atoms with Gasteiger partial charge in [0.25, 0.3) is 5.91 Å². The molecule has 3 heterocycles. The molecule has 1 amide bonds. The van der Waals surface area contributed by atoms with Gasteiger partial charge in [0.05, 0.1) is 5.69 Å². The number of fused-ring (bicyclic) bond motifs is 1. The topological polar surface area (TPSA) is 52.9 Å². The van der Waals surface area contributed by atoms with Crippen LogP contribution in [0.5, 0.6) is 0 Å². The van der Waals surface area contributed by atoms with Crippen molar-refractivity contribution in [2.75, 3.05) is 36.0 Å². The highest BCUT2D eigenvalue weighted by Gasteiger charge is 2.19. The highest BCUT2D eigenvalue weighted by Crippen LogP contribution is 2.21. The zero-order valence-electron chi connectivity index (χ0n) is 19.9. The summed E-state index contributed by atoms with van der Waals surface area (Å²) in [6.45, 7) is 8.57. The van der Waals surface area contributed by atoms with Gasteiger partial charge in [-0.15, -0.1) is 0 Å². The van der Waals surface area contributed by atoms with Gasteiger partial charge in [-0.3, -0.25) is 9.20 Å². The zero-order valence-corrected chi connectivity index (χ0v) is 19.9. The third kappa shape index (κ3) is 4.49. The highest BCUT2D eigenvalue weighted by molar-refractivity contribution is 5.94. The number of hydrogen-bond donors (Lipinski definition) is 1. The molecule has 0 bridgehead atoms. The fourth-order valence-corrected chi connectivity index (χ4v) is 4.64. The first-order chi connectivity index (χ1) is 16.6. The van der Waals surface area contributed by atoms with E-state index >= 15 is 0 Å². The Kier molecular flexibility index (Phi) is 6.21. The van der Waals surface area contributed by atoms with Crippen molar-refractivity contribution in [3.8, 4) is 0 Å². The van der Waals surface area contributed by atoms with E-state index in [9.17, 15) is 4.79 Å². The average molecular weight is 454 g/mol. The molecule has 6 heteroatoms. The molecule has 4 aromatic rings. The maximum absolute atomic E-state index is 13.1. The summed E-state index contributed by atoms with van der Waals surface area (Å²) in [5.41, 5.74) is 6.98. The van der Waals surface area contributed by atoms with E-state index in [1.807, 2.05) is 36.6 Å². The predicted octanol–water partition coefficient (Wildman–Crippen LogP) is 4.46. The van der Waals surface area contributed by atoms with Crippen LogP contribution in [-0.2, 0) is 13.0 Å². The zero-order chi connectivity index (χ0) is 23.5. The summed E-state index contributed by atoms with van der Waals surface area (Å²) >= 11 is 0. The number of imidazole rings is 1. The third-order valence-electron chi connectivity index (χ3n) is 6.54. The lowest BCUT2D eigenvalue weighted by Crippen LogP contribution is -2.46. The smallest absolute Gasteiger partial charge is 0.270 e. The monoisotopic (exact) mass is 453 g/mol. The lowest BCUT2D eigenvalue weighted by atomic mass is 10.1. The molecule has 6 nitrogen and oxygen atoms in total. The molecule has 1 aliphatic rings. The van der Waals surface area contributed by atoms with Gasteiger partial charge in [-0.2, -0.15) is 0 Å². The first-order valence-corrected chi connectivity index (χ1v) is 12.0. The van der Waals surface area contributed by atoms with Crippen LogP contribution in [0, 0.1) is 6.92 Å². The average Bonchev–Trinajstić information content (AvgIpc) is 3.26. The number of anilines is 2. The molecule has 1 saturated heterocycles. The molecule has 0 saturated carbocycles. The maximum atomic E-state index is 13.1. The van der Waals surface area contributed by atoms with Crippen molar-refractivity contribution in [3.63, 3.8) is 0 Å². The van der Waals surface area contributed by atoms with Gasteiger partial charge in [-0.05, 0) is 54.8 Å². The minimum atomic E-state index is -0.0870. The van der Waals surface area contributed by atoms with Gasteiger partial charge < -0.3 is 15.1 Å². The highest BCUT2D eigenvalue weighted by atomic mass is 16.1. The number of nitrogens with zero attached hydrogens (tertiary/aromatic N) is 4. The van der Waals surface area contributed by atoms with Crippen LogP contribution in [0.1, 0.15) is 34.2 Å². The summed E-state index contributed by atoms with van der Waals surface area (Å²) in [5.74, 6) is -0.0870. The van der Waals surface area contributed by atoms with Crippen LogP contribution in [0.3, 0.4) is 0 Å². The van der Waals surface area contributed by atoms with Crippen LogP contribution >= 0.6 is 0 Å². The molecule has 0 unspecified atom stereocenters. The first-order valence-electron chi connectivity index (χ1n) is 12.0. The molecular formula is C28H31N5O. The van der Waals surface area contributed by atoms with Crippen LogP contribution in [0.25, 0.3) is 5.65 Å². The summed E-state index contributed by atoms with van der Waals surface area (Å²) in [4.78, 5) is 22.6. The fourth-order valence-electron chi connectivity index (χ4n) is 4.64. The Labute approximate surface area is 200 Å². The van der Waals surface area contributed by atoms with Crippen molar-refractivity contribution in [2.45, 2.75) is 26.8 Å². The number of hydrogen-bond acceptors (Lipinski definition) is 4. The summed E-state index contributed by atoms with van der Waals surface area (Å²) in [6.07, 6.45) is 2.69. The number of carbonyl (C=O) groups excluding carboxylic acids is 1. The lowest BCUT2D eigenvalue weighted by Gasteiger charge is -2.37. The molecule has 2 aromatic heterocycles. The van der Waals surface area contributed by atoms with Crippen molar-refractivity contribution in [1.29, 1.82) is 0 Å². The van der Waals surface area contributed by atoms with Gasteiger partial charge in [0.1, 0.15) is 11.3 Å².